The van der Waals surface area contributed by atoms with Crippen LogP contribution in [0, 0.1) is 5.92 Å². The molecule has 1 aromatic carbocycles. The molecule has 1 aliphatic carbocycles. The van der Waals surface area contributed by atoms with Crippen LogP contribution >= 0.6 is 0 Å². The number of nitrogens with one attached hydrogen (secondary N) is 3. The van der Waals surface area contributed by atoms with Crippen LogP contribution in [0.15, 0.2) is 67.5 Å². The average Bonchev–Trinajstić information content (AvgIpc) is 3.92. The summed E-state index contributed by atoms with van der Waals surface area (Å²) in [5.41, 5.74) is 5.47. The molecule has 0 atom stereocenters. The monoisotopic (exact) mass is 714 g/mol. The maximum absolute atomic E-state index is 13.1. The van der Waals surface area contributed by atoms with Gasteiger partial charge in [-0.1, -0.05) is 0 Å². The summed E-state index contributed by atoms with van der Waals surface area (Å²) < 4.78 is 5.66. The van der Waals surface area contributed by atoms with Crippen LogP contribution in [-0.2, 0) is 4.79 Å². The highest BCUT2D eigenvalue weighted by molar-refractivity contribution is 6.08. The highest BCUT2D eigenvalue weighted by atomic mass is 16.2. The third kappa shape index (κ3) is 6.45. The van der Waals surface area contributed by atoms with E-state index in [-0.39, 0.29) is 18.2 Å². The Hall–Kier alpha value is -5.83. The molecular weight excluding hydrogens is 672 g/mol. The molecule has 4 amide bonds. The number of amides is 4. The zero-order valence-corrected chi connectivity index (χ0v) is 29.6. The van der Waals surface area contributed by atoms with Gasteiger partial charge < -0.3 is 15.5 Å². The highest BCUT2D eigenvalue weighted by Crippen LogP contribution is 2.35. The van der Waals surface area contributed by atoms with E-state index in [9.17, 15) is 14.4 Å². The van der Waals surface area contributed by atoms with Crippen LogP contribution in [0.2, 0.25) is 0 Å². The van der Waals surface area contributed by atoms with Gasteiger partial charge in [0.1, 0.15) is 17.0 Å². The van der Waals surface area contributed by atoms with Gasteiger partial charge in [-0.2, -0.15) is 10.2 Å². The largest absolute Gasteiger partial charge is 0.386 e. The lowest BCUT2D eigenvalue weighted by Crippen LogP contribution is -2.50. The summed E-state index contributed by atoms with van der Waals surface area (Å²) in [5.74, 6) is 1.36. The van der Waals surface area contributed by atoms with Gasteiger partial charge in [0.25, 0.3) is 5.91 Å². The van der Waals surface area contributed by atoms with Gasteiger partial charge >= 0.3 is 6.03 Å². The number of fused-ring (bicyclic) bond motifs is 3. The molecule has 3 aliphatic rings. The predicted octanol–water partition coefficient (Wildman–Crippen LogP) is 5.08. The molecule has 15 heteroatoms. The molecular formula is C38H42N12O3. The fourth-order valence-corrected chi connectivity index (χ4v) is 8.30. The van der Waals surface area contributed by atoms with Crippen molar-refractivity contribution in [3.05, 3.63) is 78.6 Å². The Balaban J connectivity index is 0.765. The average molecular weight is 715 g/mol. The lowest BCUT2D eigenvalue weighted by atomic mass is 9.84. The number of pyridine rings is 1. The Morgan fingerprint density at radius 2 is 1.77 bits per heavy atom. The first-order chi connectivity index (χ1) is 25.9. The molecule has 2 aliphatic heterocycles. The quantitative estimate of drug-likeness (QED) is 0.196. The van der Waals surface area contributed by atoms with E-state index in [4.69, 9.17) is 5.10 Å². The number of nitrogens with zero attached hydrogens (tertiary/aromatic N) is 9. The van der Waals surface area contributed by atoms with Crippen molar-refractivity contribution in [2.45, 2.75) is 56.9 Å². The molecule has 0 bridgehead atoms. The number of urea groups is 1. The number of hydrogen-bond donors (Lipinski definition) is 3. The van der Waals surface area contributed by atoms with Gasteiger partial charge in [-0.15, -0.1) is 0 Å². The summed E-state index contributed by atoms with van der Waals surface area (Å²) in [5, 5.41) is 18.6. The molecule has 3 N–H and O–H groups in total. The van der Waals surface area contributed by atoms with Crippen molar-refractivity contribution < 1.29 is 14.4 Å². The van der Waals surface area contributed by atoms with Crippen LogP contribution in [0.4, 0.5) is 22.0 Å². The minimum Gasteiger partial charge on any atom is -0.386 e. The minimum atomic E-state index is -0.399. The van der Waals surface area contributed by atoms with Crippen LogP contribution in [0.5, 0.6) is 0 Å². The normalized spacial score (nSPS) is 20.4. The van der Waals surface area contributed by atoms with Crippen molar-refractivity contribution in [1.82, 2.24) is 44.0 Å². The molecule has 5 aromatic heterocycles. The molecule has 1 saturated carbocycles. The Kier molecular flexibility index (Phi) is 8.49. The Bertz CT molecular complexity index is 2340. The van der Waals surface area contributed by atoms with Gasteiger partial charge in [0.2, 0.25) is 5.91 Å². The number of carbonyl (C=O) groups excluding carboxylic acids is 3. The van der Waals surface area contributed by atoms with Crippen LogP contribution in [0.1, 0.15) is 72.8 Å². The Morgan fingerprint density at radius 1 is 0.925 bits per heavy atom. The molecule has 2 saturated heterocycles. The predicted molar refractivity (Wildman–Crippen MR) is 200 cm³/mol. The first-order valence-corrected chi connectivity index (χ1v) is 18.5. The van der Waals surface area contributed by atoms with E-state index in [0.717, 1.165) is 67.6 Å². The molecule has 9 rings (SSSR count). The van der Waals surface area contributed by atoms with E-state index in [1.165, 1.54) is 24.6 Å². The lowest BCUT2D eigenvalue weighted by Gasteiger charge is -2.36. The number of imidazole rings is 1. The van der Waals surface area contributed by atoms with Crippen LogP contribution in [-0.4, -0.2) is 89.7 Å². The van der Waals surface area contributed by atoms with Crippen molar-refractivity contribution in [2.75, 3.05) is 48.8 Å². The Labute approximate surface area is 305 Å². The number of carbonyl (C=O) groups is 3. The highest BCUT2D eigenvalue weighted by Gasteiger charge is 2.29. The molecule has 3 fully saturated rings. The summed E-state index contributed by atoms with van der Waals surface area (Å²) in [4.78, 5) is 50.3. The maximum Gasteiger partial charge on any atom is 0.329 e. The topological polar surface area (TPSA) is 159 Å². The van der Waals surface area contributed by atoms with Crippen molar-refractivity contribution in [3.8, 4) is 0 Å². The van der Waals surface area contributed by atoms with Gasteiger partial charge in [-0.05, 0) is 99.3 Å². The molecule has 0 spiro atoms. The smallest absolute Gasteiger partial charge is 0.329 e. The SMILES string of the molecule is CNc1cnc2c(C(=O)Nc3ccc4nn([C@H]5CC[C@H](CN6CCC(c7ccn8c(N9CCC(=O)NC9=O)cnc8c7)CC6)CC5)cc4c3)cnn2c1. The van der Waals surface area contributed by atoms with Gasteiger partial charge in [-0.25, -0.2) is 19.3 Å². The molecule has 7 heterocycles. The number of piperidine rings is 1. The lowest BCUT2D eigenvalue weighted by molar-refractivity contribution is -0.120. The number of aromatic nitrogens is 7. The number of imide groups is 1. The van der Waals surface area contributed by atoms with Crippen LogP contribution in [0.3, 0.4) is 0 Å². The zero-order chi connectivity index (χ0) is 36.1. The number of likely N-dealkylation sites (tertiary alicyclic amines) is 1. The fraction of sp³-hybridized carbons (Fsp3) is 0.395. The Morgan fingerprint density at radius 3 is 2.58 bits per heavy atom. The second-order valence-electron chi connectivity index (χ2n) is 14.6. The summed E-state index contributed by atoms with van der Waals surface area (Å²) in [6.07, 6.45) is 18.0. The third-order valence-corrected chi connectivity index (χ3v) is 11.3. The maximum atomic E-state index is 13.1. The molecule has 15 nitrogen and oxygen atoms in total. The standard InChI is InChI=1S/C38H42N12O3/c1-39-29-18-41-36-31(19-42-50(36)23-29)37(52)43-28-4-7-32-27(16-28)22-49(45-32)30-5-2-24(3-6-30)21-46-12-8-25(9-13-46)26-10-14-47-33(17-26)40-20-35(47)48-15-11-34(51)44-38(48)53/h4,7,10,14,16-20,22-25,30,39H,2-3,5-6,8-9,11-13,15,21H2,1H3,(H,43,52)(H,44,51,53)/t24-,30-. The summed E-state index contributed by atoms with van der Waals surface area (Å²) in [6, 6.07) is 10.1. The van der Waals surface area contributed by atoms with Gasteiger partial charge in [0, 0.05) is 50.0 Å². The summed E-state index contributed by atoms with van der Waals surface area (Å²) in [6.45, 7) is 3.68. The first-order valence-electron chi connectivity index (χ1n) is 18.5. The van der Waals surface area contributed by atoms with E-state index >= 15 is 0 Å². The van der Waals surface area contributed by atoms with Crippen LogP contribution < -0.4 is 20.9 Å². The number of benzene rings is 1. The van der Waals surface area contributed by atoms with Crippen molar-refractivity contribution in [3.63, 3.8) is 0 Å². The van der Waals surface area contributed by atoms with Crippen molar-refractivity contribution in [1.29, 1.82) is 0 Å². The number of anilines is 3. The summed E-state index contributed by atoms with van der Waals surface area (Å²) >= 11 is 0. The van der Waals surface area contributed by atoms with Gasteiger partial charge in [0.05, 0.1) is 42.0 Å². The van der Waals surface area contributed by atoms with Gasteiger partial charge in [-0.3, -0.25) is 28.9 Å². The first kappa shape index (κ1) is 33.0. The van der Waals surface area contributed by atoms with E-state index in [1.54, 1.807) is 28.0 Å². The fourth-order valence-electron chi connectivity index (χ4n) is 8.30. The van der Waals surface area contributed by atoms with E-state index in [0.29, 0.717) is 47.1 Å². The number of hydrogen-bond acceptors (Lipinski definition) is 9. The van der Waals surface area contributed by atoms with Crippen LogP contribution in [0.25, 0.3) is 22.2 Å². The molecule has 0 unspecified atom stereocenters. The van der Waals surface area contributed by atoms with Crippen molar-refractivity contribution >= 4 is 57.2 Å². The summed E-state index contributed by atoms with van der Waals surface area (Å²) in [7, 11) is 1.81. The van der Waals surface area contributed by atoms with E-state index < -0.39 is 6.03 Å². The van der Waals surface area contributed by atoms with Gasteiger partial charge in [0.15, 0.2) is 5.65 Å². The molecule has 272 valence electrons. The van der Waals surface area contributed by atoms with E-state index in [2.05, 4.69) is 58.9 Å². The number of rotatable bonds is 8. The van der Waals surface area contributed by atoms with E-state index in [1.807, 2.05) is 35.8 Å². The molecule has 6 aromatic rings. The second kappa shape index (κ2) is 13.6. The van der Waals surface area contributed by atoms with Crippen molar-refractivity contribution in [2.24, 2.45) is 5.92 Å². The molecule has 0 radical (unpaired) electrons. The second-order valence-corrected chi connectivity index (χ2v) is 14.6. The zero-order valence-electron chi connectivity index (χ0n) is 29.6. The molecule has 53 heavy (non-hydrogen) atoms. The third-order valence-electron chi connectivity index (χ3n) is 11.3. The minimum absolute atomic E-state index is 0.242.